The number of rotatable bonds is 28. The molecule has 2 saturated carbocycles. The van der Waals surface area contributed by atoms with Crippen LogP contribution >= 0.6 is 0 Å². The van der Waals surface area contributed by atoms with E-state index in [9.17, 15) is 0 Å². The van der Waals surface area contributed by atoms with E-state index in [-0.39, 0.29) is 5.79 Å². The van der Waals surface area contributed by atoms with Gasteiger partial charge in [0.1, 0.15) is 0 Å². The normalized spacial score (nSPS) is 24.3. The van der Waals surface area contributed by atoms with Crippen molar-refractivity contribution in [3.63, 3.8) is 0 Å². The SMILES string of the molecule is CCCC/C=C\C/C=C\CCCCCCCCC1(CCCCCCCC/C=C\C/C=C\CCCC)O[C@@H]2C3CCCC3[C@H]2O1. The molecule has 1 heterocycles. The van der Waals surface area contributed by atoms with Crippen LogP contribution in [0.25, 0.3) is 0 Å². The van der Waals surface area contributed by atoms with Crippen LogP contribution in [-0.2, 0) is 9.47 Å². The summed E-state index contributed by atoms with van der Waals surface area (Å²) in [6.07, 6.45) is 54.5. The van der Waals surface area contributed by atoms with Crippen LogP contribution in [0.1, 0.15) is 187 Å². The van der Waals surface area contributed by atoms with Gasteiger partial charge in [-0.25, -0.2) is 0 Å². The summed E-state index contributed by atoms with van der Waals surface area (Å²) in [5.41, 5.74) is 0. The van der Waals surface area contributed by atoms with Crippen molar-refractivity contribution in [1.29, 1.82) is 0 Å². The Morgan fingerprint density at radius 3 is 1.23 bits per heavy atom. The number of unbranched alkanes of at least 4 members (excludes halogenated alkanes) is 16. The zero-order valence-electron chi connectivity index (χ0n) is 29.3. The minimum Gasteiger partial charge on any atom is -0.344 e. The van der Waals surface area contributed by atoms with Crippen molar-refractivity contribution in [1.82, 2.24) is 0 Å². The predicted molar refractivity (Wildman–Crippen MR) is 192 cm³/mol. The molecule has 2 unspecified atom stereocenters. The second kappa shape index (κ2) is 24.1. The molecule has 1 saturated heterocycles. The first-order chi connectivity index (χ1) is 21.8. The van der Waals surface area contributed by atoms with Gasteiger partial charge < -0.3 is 9.47 Å². The Kier molecular flexibility index (Phi) is 20.5. The lowest BCUT2D eigenvalue weighted by molar-refractivity contribution is -0.182. The van der Waals surface area contributed by atoms with Gasteiger partial charge in [0.15, 0.2) is 5.79 Å². The third-order valence-corrected chi connectivity index (χ3v) is 10.5. The van der Waals surface area contributed by atoms with Gasteiger partial charge in [-0.15, -0.1) is 0 Å². The predicted octanol–water partition coefficient (Wildman–Crippen LogP) is 13.5. The number of allylic oxidation sites excluding steroid dienone is 8. The summed E-state index contributed by atoms with van der Waals surface area (Å²) in [5, 5.41) is 0. The summed E-state index contributed by atoms with van der Waals surface area (Å²) in [4.78, 5) is 0. The fourth-order valence-corrected chi connectivity index (χ4v) is 7.75. The number of ether oxygens (including phenoxy) is 2. The monoisotopic (exact) mass is 609 g/mol. The largest absolute Gasteiger partial charge is 0.344 e. The molecule has 0 aromatic heterocycles. The van der Waals surface area contributed by atoms with Crippen LogP contribution in [0.15, 0.2) is 48.6 Å². The molecule has 0 aromatic rings. The molecular formula is C42H72O2. The van der Waals surface area contributed by atoms with Crippen LogP contribution < -0.4 is 0 Å². The van der Waals surface area contributed by atoms with Crippen LogP contribution in [0, 0.1) is 11.8 Å². The van der Waals surface area contributed by atoms with Crippen LogP contribution in [0.2, 0.25) is 0 Å². The van der Waals surface area contributed by atoms with Crippen LogP contribution in [0.5, 0.6) is 0 Å². The Bertz CT molecular complexity index is 741. The van der Waals surface area contributed by atoms with Crippen LogP contribution in [0.4, 0.5) is 0 Å². The molecule has 0 N–H and O–H groups in total. The molecule has 3 rings (SSSR count). The highest BCUT2D eigenvalue weighted by molar-refractivity contribution is 5.07. The topological polar surface area (TPSA) is 18.5 Å². The number of fused-ring (bicyclic) bond motifs is 4. The maximum atomic E-state index is 6.85. The summed E-state index contributed by atoms with van der Waals surface area (Å²) in [5.74, 6) is 1.35. The summed E-state index contributed by atoms with van der Waals surface area (Å²) in [6, 6.07) is 0. The van der Waals surface area contributed by atoms with Gasteiger partial charge in [0.05, 0.1) is 12.2 Å². The highest BCUT2D eigenvalue weighted by Crippen LogP contribution is 2.57. The molecule has 252 valence electrons. The second-order valence-corrected chi connectivity index (χ2v) is 14.3. The third kappa shape index (κ3) is 14.5. The molecule has 0 amide bonds. The van der Waals surface area contributed by atoms with E-state index in [1.807, 2.05) is 0 Å². The highest BCUT2D eigenvalue weighted by Gasteiger charge is 2.62. The molecule has 0 spiro atoms. The van der Waals surface area contributed by atoms with Gasteiger partial charge >= 0.3 is 0 Å². The molecule has 1 aliphatic heterocycles. The lowest BCUT2D eigenvalue weighted by atomic mass is 9.71. The highest BCUT2D eigenvalue weighted by atomic mass is 16.8. The molecule has 2 aliphatic carbocycles. The Balaban J connectivity index is 1.21. The lowest BCUT2D eigenvalue weighted by Gasteiger charge is -2.41. The van der Waals surface area contributed by atoms with Gasteiger partial charge in [0.2, 0.25) is 0 Å². The fourth-order valence-electron chi connectivity index (χ4n) is 7.75. The zero-order chi connectivity index (χ0) is 31.0. The average Bonchev–Trinajstić information content (AvgIpc) is 3.60. The van der Waals surface area contributed by atoms with E-state index in [0.29, 0.717) is 12.2 Å². The first-order valence-corrected chi connectivity index (χ1v) is 19.8. The molecule has 4 atom stereocenters. The van der Waals surface area contributed by atoms with Gasteiger partial charge in [-0.3, -0.25) is 0 Å². The van der Waals surface area contributed by atoms with Gasteiger partial charge in [0, 0.05) is 12.8 Å². The van der Waals surface area contributed by atoms with E-state index >= 15 is 0 Å². The van der Waals surface area contributed by atoms with Crippen molar-refractivity contribution in [3.05, 3.63) is 48.6 Å². The molecular weight excluding hydrogens is 536 g/mol. The Morgan fingerprint density at radius 1 is 0.455 bits per heavy atom. The van der Waals surface area contributed by atoms with Gasteiger partial charge in [-0.05, 0) is 88.9 Å². The van der Waals surface area contributed by atoms with Crippen molar-refractivity contribution < 1.29 is 9.47 Å². The van der Waals surface area contributed by atoms with Crippen molar-refractivity contribution >= 4 is 0 Å². The first-order valence-electron chi connectivity index (χ1n) is 19.8. The van der Waals surface area contributed by atoms with Crippen LogP contribution in [0.3, 0.4) is 0 Å². The summed E-state index contributed by atoms with van der Waals surface area (Å²) >= 11 is 0. The molecule has 3 aliphatic rings. The molecule has 44 heavy (non-hydrogen) atoms. The maximum Gasteiger partial charge on any atom is 0.169 e. The van der Waals surface area contributed by atoms with Crippen molar-refractivity contribution in [3.8, 4) is 0 Å². The summed E-state index contributed by atoms with van der Waals surface area (Å²) < 4.78 is 13.7. The molecule has 3 fully saturated rings. The zero-order valence-corrected chi connectivity index (χ0v) is 29.3. The van der Waals surface area contributed by atoms with E-state index in [4.69, 9.17) is 9.47 Å². The van der Waals surface area contributed by atoms with Crippen molar-refractivity contribution in [2.24, 2.45) is 11.8 Å². The van der Waals surface area contributed by atoms with E-state index in [2.05, 4.69) is 62.5 Å². The van der Waals surface area contributed by atoms with Gasteiger partial charge in [0.25, 0.3) is 0 Å². The molecule has 0 radical (unpaired) electrons. The number of hydrogen-bond donors (Lipinski definition) is 0. The van der Waals surface area contributed by atoms with E-state index in [1.54, 1.807) is 0 Å². The smallest absolute Gasteiger partial charge is 0.169 e. The Morgan fingerprint density at radius 2 is 0.818 bits per heavy atom. The van der Waals surface area contributed by atoms with Gasteiger partial charge in [-0.2, -0.15) is 0 Å². The second-order valence-electron chi connectivity index (χ2n) is 14.3. The van der Waals surface area contributed by atoms with Crippen LogP contribution in [-0.4, -0.2) is 18.0 Å². The lowest BCUT2D eigenvalue weighted by Crippen LogP contribution is -2.50. The minimum absolute atomic E-state index is 0.259. The Hall–Kier alpha value is -1.12. The molecule has 2 heteroatoms. The fraction of sp³-hybridized carbons (Fsp3) is 0.810. The summed E-state index contributed by atoms with van der Waals surface area (Å²) in [7, 11) is 0. The first kappa shape index (κ1) is 37.3. The molecule has 0 aromatic carbocycles. The standard InChI is InChI=1S/C42H72O2/c1-3-5-7-9-11-13-15-17-19-21-23-25-27-29-31-36-42(43-40-38-34-33-35-39(38)41(40)44-42)37-32-30-28-26-24-22-20-18-16-14-12-10-8-6-4-2/h9-12,15-18,38-41H,3-8,13-14,19-37H2,1-2H3/b11-9-,12-10-,17-15-,18-16-/t38?,39?,40-,41-/m1/s1. The quantitative estimate of drug-likeness (QED) is 0.0650. The molecule has 2 nitrogen and oxygen atoms in total. The maximum absolute atomic E-state index is 6.85. The van der Waals surface area contributed by atoms with Crippen molar-refractivity contribution in [2.45, 2.75) is 205 Å². The van der Waals surface area contributed by atoms with Crippen molar-refractivity contribution in [2.75, 3.05) is 0 Å². The van der Waals surface area contributed by atoms with E-state index < -0.39 is 0 Å². The molecule has 0 bridgehead atoms. The van der Waals surface area contributed by atoms with E-state index in [1.165, 1.54) is 148 Å². The van der Waals surface area contributed by atoms with E-state index in [0.717, 1.165) is 37.5 Å². The summed E-state index contributed by atoms with van der Waals surface area (Å²) in [6.45, 7) is 4.52. The number of hydrogen-bond acceptors (Lipinski definition) is 2. The minimum atomic E-state index is -0.259. The van der Waals surface area contributed by atoms with Gasteiger partial charge in [-0.1, -0.05) is 146 Å². The average molecular weight is 609 g/mol. The third-order valence-electron chi connectivity index (χ3n) is 10.5. The Labute approximate surface area is 274 Å².